The predicted molar refractivity (Wildman–Crippen MR) is 51.3 cm³/mol. The van der Waals surface area contributed by atoms with Crippen molar-refractivity contribution in [2.24, 2.45) is 0 Å². The van der Waals surface area contributed by atoms with Gasteiger partial charge in [-0.3, -0.25) is 0 Å². The zero-order valence-electron chi connectivity index (χ0n) is 8.75. The van der Waals surface area contributed by atoms with Gasteiger partial charge in [-0.05, 0) is 30.7 Å². The molecule has 0 fully saturated rings. The van der Waals surface area contributed by atoms with E-state index in [9.17, 15) is 9.90 Å². The minimum atomic E-state index is -1.11. The Hall–Kier alpha value is 0.416. The minimum Gasteiger partial charge on any atom is -0.550 e. The van der Waals surface area contributed by atoms with E-state index < -0.39 is 5.97 Å². The molecule has 5 heteroatoms. The van der Waals surface area contributed by atoms with Crippen LogP contribution >= 0.6 is 11.6 Å². The summed E-state index contributed by atoms with van der Waals surface area (Å²) in [5, 5.41) is 10.8. The predicted octanol–water partition coefficient (Wildman–Crippen LogP) is -1.83. The molecule has 0 amide bonds. The Morgan fingerprint density at radius 1 is 1.53 bits per heavy atom. The molecule has 0 saturated heterocycles. The van der Waals surface area contributed by atoms with E-state index in [1.807, 2.05) is 6.92 Å². The molecule has 0 unspecified atom stereocenters. The Kier molecular flexibility index (Phi) is 7.86. The second kappa shape index (κ2) is 7.65. The molecule has 0 atom stereocenters. The monoisotopic (exact) mass is 252 g/mol. The van der Waals surface area contributed by atoms with Gasteiger partial charge in [0, 0.05) is 17.4 Å². The molecule has 0 radical (unpaired) electrons. The summed E-state index contributed by atoms with van der Waals surface area (Å²) >= 11 is 5.74. The second-order valence-electron chi connectivity index (χ2n) is 2.88. The molecule has 3 nitrogen and oxygen atoms in total. The molecule has 0 aliphatic heterocycles. The molecule has 0 bridgehead atoms. The minimum absolute atomic E-state index is 0. The number of hydrogen-bond donors (Lipinski definition) is 0. The van der Waals surface area contributed by atoms with Crippen molar-refractivity contribution in [3.63, 3.8) is 0 Å². The van der Waals surface area contributed by atoms with Crippen molar-refractivity contribution in [3.8, 4) is 5.75 Å². The SMILES string of the molecule is Cc1cc(Cl)ccc1OCCC(=O)[O-].[K+]. The van der Waals surface area contributed by atoms with Gasteiger partial charge in [0.05, 0.1) is 6.61 Å². The van der Waals surface area contributed by atoms with E-state index >= 15 is 0 Å². The molecule has 0 saturated carbocycles. The Labute approximate surface area is 136 Å². The number of aryl methyl sites for hydroxylation is 1. The first-order valence-electron chi connectivity index (χ1n) is 4.18. The summed E-state index contributed by atoms with van der Waals surface area (Å²) in [7, 11) is 0. The van der Waals surface area contributed by atoms with Crippen LogP contribution in [0.25, 0.3) is 0 Å². The van der Waals surface area contributed by atoms with E-state index in [0.717, 1.165) is 5.56 Å². The molecule has 1 aromatic carbocycles. The van der Waals surface area contributed by atoms with Crippen molar-refractivity contribution in [3.05, 3.63) is 28.8 Å². The molecule has 15 heavy (non-hydrogen) atoms. The summed E-state index contributed by atoms with van der Waals surface area (Å²) in [4.78, 5) is 10.1. The summed E-state index contributed by atoms with van der Waals surface area (Å²) in [6.07, 6.45) is -0.109. The number of ether oxygens (including phenoxy) is 1. The Balaban J connectivity index is 0.00000196. The molecular weight excluding hydrogens is 243 g/mol. The van der Waals surface area contributed by atoms with Crippen LogP contribution in [-0.4, -0.2) is 12.6 Å². The van der Waals surface area contributed by atoms with Crippen molar-refractivity contribution in [1.29, 1.82) is 0 Å². The maximum Gasteiger partial charge on any atom is 1.00 e. The number of carbonyl (C=O) groups excluding carboxylic acids is 1. The molecule has 0 heterocycles. The van der Waals surface area contributed by atoms with E-state index in [2.05, 4.69) is 0 Å². The summed E-state index contributed by atoms with van der Waals surface area (Å²) in [6, 6.07) is 5.17. The maximum atomic E-state index is 10.1. The summed E-state index contributed by atoms with van der Waals surface area (Å²) < 4.78 is 5.22. The van der Waals surface area contributed by atoms with Gasteiger partial charge in [0.2, 0.25) is 0 Å². The van der Waals surface area contributed by atoms with E-state index in [1.165, 1.54) is 0 Å². The van der Waals surface area contributed by atoms with E-state index in [4.69, 9.17) is 16.3 Å². The van der Waals surface area contributed by atoms with Gasteiger partial charge in [-0.1, -0.05) is 11.6 Å². The van der Waals surface area contributed by atoms with Gasteiger partial charge in [0.1, 0.15) is 5.75 Å². The Morgan fingerprint density at radius 2 is 2.20 bits per heavy atom. The number of rotatable bonds is 4. The van der Waals surface area contributed by atoms with Crippen LogP contribution in [-0.2, 0) is 4.79 Å². The van der Waals surface area contributed by atoms with Crippen LogP contribution < -0.4 is 61.2 Å². The van der Waals surface area contributed by atoms with Crippen molar-refractivity contribution in [2.45, 2.75) is 13.3 Å². The number of halogens is 1. The molecule has 0 N–H and O–H groups in total. The van der Waals surface area contributed by atoms with Crippen LogP contribution in [0.1, 0.15) is 12.0 Å². The topological polar surface area (TPSA) is 49.4 Å². The largest absolute Gasteiger partial charge is 1.00 e. The first-order valence-corrected chi connectivity index (χ1v) is 4.56. The van der Waals surface area contributed by atoms with Crippen LogP contribution in [0.2, 0.25) is 5.02 Å². The van der Waals surface area contributed by atoms with Crippen molar-refractivity contribution in [2.75, 3.05) is 6.61 Å². The second-order valence-corrected chi connectivity index (χ2v) is 3.32. The third kappa shape index (κ3) is 5.90. The number of hydrogen-bond acceptors (Lipinski definition) is 3. The van der Waals surface area contributed by atoms with Gasteiger partial charge in [-0.2, -0.15) is 0 Å². The molecule has 0 aliphatic carbocycles. The van der Waals surface area contributed by atoms with Gasteiger partial charge in [0.25, 0.3) is 0 Å². The Morgan fingerprint density at radius 3 is 2.73 bits per heavy atom. The summed E-state index contributed by atoms with van der Waals surface area (Å²) in [5.41, 5.74) is 0.885. The van der Waals surface area contributed by atoms with E-state index in [0.29, 0.717) is 10.8 Å². The molecule has 1 rings (SSSR count). The van der Waals surface area contributed by atoms with Gasteiger partial charge in [-0.15, -0.1) is 0 Å². The van der Waals surface area contributed by atoms with Crippen LogP contribution in [0.4, 0.5) is 0 Å². The normalized spacial score (nSPS) is 9.20. The zero-order chi connectivity index (χ0) is 10.6. The Bertz CT molecular complexity index is 341. The molecule has 0 spiro atoms. The van der Waals surface area contributed by atoms with Crippen LogP contribution in [0.3, 0.4) is 0 Å². The average molecular weight is 253 g/mol. The van der Waals surface area contributed by atoms with Crippen LogP contribution in [0.15, 0.2) is 18.2 Å². The van der Waals surface area contributed by atoms with Crippen molar-refractivity contribution < 1.29 is 66.0 Å². The number of carbonyl (C=O) groups is 1. The molecule has 76 valence electrons. The number of carboxylic acid groups (broad SMARTS) is 1. The molecule has 0 aromatic heterocycles. The molecule has 1 aromatic rings. The number of carboxylic acids is 1. The standard InChI is InChI=1S/C10H11ClO3.K/c1-7-6-8(11)2-3-9(7)14-5-4-10(12)13;/h2-3,6H,4-5H2,1H3,(H,12,13);/q;+1/p-1. The first kappa shape index (κ1) is 15.4. The number of benzene rings is 1. The maximum absolute atomic E-state index is 10.1. The van der Waals surface area contributed by atoms with Crippen molar-refractivity contribution >= 4 is 17.6 Å². The van der Waals surface area contributed by atoms with E-state index in [1.54, 1.807) is 18.2 Å². The smallest absolute Gasteiger partial charge is 0.550 e. The molecule has 0 aliphatic rings. The fourth-order valence-electron chi connectivity index (χ4n) is 1.02. The third-order valence-electron chi connectivity index (χ3n) is 1.70. The van der Waals surface area contributed by atoms with Gasteiger partial charge in [-0.25, -0.2) is 0 Å². The third-order valence-corrected chi connectivity index (χ3v) is 1.94. The van der Waals surface area contributed by atoms with Crippen LogP contribution in [0, 0.1) is 6.92 Å². The summed E-state index contributed by atoms with van der Waals surface area (Å²) in [5.74, 6) is -0.465. The van der Waals surface area contributed by atoms with Crippen molar-refractivity contribution in [1.82, 2.24) is 0 Å². The molecular formula is C10H10ClKO3. The first-order chi connectivity index (χ1) is 6.59. The fourth-order valence-corrected chi connectivity index (χ4v) is 1.25. The van der Waals surface area contributed by atoms with Gasteiger partial charge < -0.3 is 14.6 Å². The quantitative estimate of drug-likeness (QED) is 0.593. The average Bonchev–Trinajstić information content (AvgIpc) is 2.08. The zero-order valence-corrected chi connectivity index (χ0v) is 12.6. The summed E-state index contributed by atoms with van der Waals surface area (Å²) in [6.45, 7) is 1.96. The van der Waals surface area contributed by atoms with Gasteiger partial charge in [0.15, 0.2) is 0 Å². The van der Waals surface area contributed by atoms with E-state index in [-0.39, 0.29) is 64.4 Å². The number of aliphatic carboxylic acids is 1. The van der Waals surface area contributed by atoms with Gasteiger partial charge >= 0.3 is 51.4 Å². The fraction of sp³-hybridized carbons (Fsp3) is 0.300. The van der Waals surface area contributed by atoms with Crippen LogP contribution in [0.5, 0.6) is 5.75 Å².